The molecule has 0 aliphatic carbocycles. The van der Waals surface area contributed by atoms with Crippen molar-refractivity contribution in [3.8, 4) is 0 Å². The minimum Gasteiger partial charge on any atom is -0.404 e. The Labute approximate surface area is 94.2 Å². The van der Waals surface area contributed by atoms with E-state index in [4.69, 9.17) is 10.2 Å². The van der Waals surface area contributed by atoms with Crippen molar-refractivity contribution in [2.24, 2.45) is 11.7 Å². The Morgan fingerprint density at radius 1 is 1.53 bits per heavy atom. The number of rotatable bonds is 4. The second-order valence-corrected chi connectivity index (χ2v) is 3.67. The van der Waals surface area contributed by atoms with E-state index < -0.39 is 4.92 Å². The van der Waals surface area contributed by atoms with E-state index in [0.29, 0.717) is 11.7 Å². The van der Waals surface area contributed by atoms with E-state index in [9.17, 15) is 10.1 Å². The molecule has 0 amide bonds. The number of nitrogens with zero attached hydrogens (tertiary/aromatic N) is 1. The van der Waals surface area contributed by atoms with Crippen molar-refractivity contribution in [3.05, 3.63) is 28.0 Å². The van der Waals surface area contributed by atoms with Gasteiger partial charge < -0.3 is 10.2 Å². The Bertz CT molecular complexity index is 325. The number of furan rings is 1. The van der Waals surface area contributed by atoms with Gasteiger partial charge in [0, 0.05) is 0 Å². The van der Waals surface area contributed by atoms with Crippen molar-refractivity contribution in [1.82, 2.24) is 0 Å². The molecule has 0 aliphatic heterocycles. The highest BCUT2D eigenvalue weighted by molar-refractivity contribution is 5.85. The zero-order chi connectivity index (χ0) is 10.7. The third-order valence-electron chi connectivity index (χ3n) is 1.88. The molecule has 0 radical (unpaired) electrons. The SMILES string of the molecule is CC(C)C[C@@H](N)c1ccc([N+](=O)[O-])o1.Cl. The van der Waals surface area contributed by atoms with E-state index in [0.717, 1.165) is 6.42 Å². The summed E-state index contributed by atoms with van der Waals surface area (Å²) in [6, 6.07) is 2.63. The van der Waals surface area contributed by atoms with Gasteiger partial charge in [0.05, 0.1) is 12.1 Å². The molecule has 1 rings (SSSR count). The molecule has 1 atom stereocenters. The van der Waals surface area contributed by atoms with Gasteiger partial charge >= 0.3 is 5.88 Å². The van der Waals surface area contributed by atoms with Gasteiger partial charge in [-0.3, -0.25) is 10.1 Å². The van der Waals surface area contributed by atoms with Crippen molar-refractivity contribution in [1.29, 1.82) is 0 Å². The number of hydrogen-bond donors (Lipinski definition) is 1. The molecule has 0 spiro atoms. The molecule has 2 N–H and O–H groups in total. The largest absolute Gasteiger partial charge is 0.433 e. The van der Waals surface area contributed by atoms with Crippen molar-refractivity contribution < 1.29 is 9.34 Å². The van der Waals surface area contributed by atoms with Crippen LogP contribution in [0.15, 0.2) is 16.5 Å². The number of nitro groups is 1. The molecule has 1 aromatic rings. The van der Waals surface area contributed by atoms with E-state index in [1.54, 1.807) is 6.07 Å². The average molecular weight is 235 g/mol. The van der Waals surface area contributed by atoms with Crippen LogP contribution in [0.3, 0.4) is 0 Å². The predicted octanol–water partition coefficient (Wildman–Crippen LogP) is 2.66. The van der Waals surface area contributed by atoms with E-state index in [1.165, 1.54) is 6.07 Å². The first-order valence-electron chi connectivity index (χ1n) is 4.50. The van der Waals surface area contributed by atoms with Crippen LogP contribution < -0.4 is 5.73 Å². The van der Waals surface area contributed by atoms with Crippen LogP contribution in [0.5, 0.6) is 0 Å². The lowest BCUT2D eigenvalue weighted by Gasteiger charge is -2.10. The zero-order valence-electron chi connectivity index (χ0n) is 8.67. The molecular formula is C9H15ClN2O3. The molecule has 6 heteroatoms. The Morgan fingerprint density at radius 2 is 2.13 bits per heavy atom. The van der Waals surface area contributed by atoms with Crippen LogP contribution in [0.2, 0.25) is 0 Å². The molecule has 0 saturated carbocycles. The van der Waals surface area contributed by atoms with E-state index in [1.807, 2.05) is 13.8 Å². The highest BCUT2D eigenvalue weighted by Gasteiger charge is 2.17. The van der Waals surface area contributed by atoms with Gasteiger partial charge in [-0.2, -0.15) is 0 Å². The fraction of sp³-hybridized carbons (Fsp3) is 0.556. The topological polar surface area (TPSA) is 82.3 Å². The molecule has 0 saturated heterocycles. The summed E-state index contributed by atoms with van der Waals surface area (Å²) >= 11 is 0. The summed E-state index contributed by atoms with van der Waals surface area (Å²) in [5.74, 6) is 0.666. The number of halogens is 1. The molecular weight excluding hydrogens is 220 g/mol. The van der Waals surface area contributed by atoms with E-state index in [2.05, 4.69) is 0 Å². The van der Waals surface area contributed by atoms with Crippen LogP contribution in [0.4, 0.5) is 5.88 Å². The van der Waals surface area contributed by atoms with Crippen LogP contribution in [-0.2, 0) is 0 Å². The van der Waals surface area contributed by atoms with Crippen molar-refractivity contribution >= 4 is 18.3 Å². The molecule has 0 aliphatic rings. The number of hydrogen-bond acceptors (Lipinski definition) is 4. The third kappa shape index (κ3) is 3.89. The summed E-state index contributed by atoms with van der Waals surface area (Å²) in [4.78, 5) is 9.77. The first-order chi connectivity index (χ1) is 6.50. The lowest BCUT2D eigenvalue weighted by atomic mass is 10.0. The fourth-order valence-electron chi connectivity index (χ4n) is 1.26. The van der Waals surface area contributed by atoms with Gasteiger partial charge in [0.25, 0.3) is 0 Å². The van der Waals surface area contributed by atoms with Gasteiger partial charge in [0.15, 0.2) is 0 Å². The Morgan fingerprint density at radius 3 is 2.53 bits per heavy atom. The highest BCUT2D eigenvalue weighted by Crippen LogP contribution is 2.24. The Kier molecular flexibility index (Phi) is 5.32. The quantitative estimate of drug-likeness (QED) is 0.641. The average Bonchev–Trinajstić information content (AvgIpc) is 2.50. The third-order valence-corrected chi connectivity index (χ3v) is 1.88. The summed E-state index contributed by atoms with van der Waals surface area (Å²) in [5, 5.41) is 10.3. The van der Waals surface area contributed by atoms with Gasteiger partial charge in [-0.1, -0.05) is 13.8 Å². The maximum atomic E-state index is 10.3. The minimum atomic E-state index is -0.564. The summed E-state index contributed by atoms with van der Waals surface area (Å²) in [5.41, 5.74) is 5.79. The Hall–Kier alpha value is -1.07. The number of nitrogens with two attached hydrogens (primary N) is 1. The fourth-order valence-corrected chi connectivity index (χ4v) is 1.26. The first kappa shape index (κ1) is 13.9. The van der Waals surface area contributed by atoms with E-state index in [-0.39, 0.29) is 24.3 Å². The van der Waals surface area contributed by atoms with Gasteiger partial charge in [-0.05, 0) is 18.4 Å². The van der Waals surface area contributed by atoms with Crippen LogP contribution in [-0.4, -0.2) is 4.92 Å². The van der Waals surface area contributed by atoms with Crippen molar-refractivity contribution in [2.75, 3.05) is 0 Å². The normalized spacial score (nSPS) is 12.3. The minimum absolute atomic E-state index is 0. The smallest absolute Gasteiger partial charge is 0.404 e. The standard InChI is InChI=1S/C9H14N2O3.ClH/c1-6(2)5-7(10)8-3-4-9(14-8)11(12)13;/h3-4,6-7H,5,10H2,1-2H3;1H/t7-;/m1./s1. The molecule has 1 heterocycles. The summed E-state index contributed by atoms with van der Waals surface area (Å²) in [6.07, 6.45) is 0.755. The molecule has 15 heavy (non-hydrogen) atoms. The highest BCUT2D eigenvalue weighted by atomic mass is 35.5. The molecule has 86 valence electrons. The lowest BCUT2D eigenvalue weighted by molar-refractivity contribution is -0.402. The molecule has 0 bridgehead atoms. The lowest BCUT2D eigenvalue weighted by Crippen LogP contribution is -2.11. The van der Waals surface area contributed by atoms with Gasteiger partial charge in [-0.25, -0.2) is 0 Å². The van der Waals surface area contributed by atoms with Crippen LogP contribution in [0, 0.1) is 16.0 Å². The zero-order valence-corrected chi connectivity index (χ0v) is 9.49. The van der Waals surface area contributed by atoms with Crippen LogP contribution >= 0.6 is 12.4 Å². The maximum Gasteiger partial charge on any atom is 0.433 e. The molecule has 0 aromatic carbocycles. The molecule has 1 aromatic heterocycles. The monoisotopic (exact) mass is 234 g/mol. The van der Waals surface area contributed by atoms with Crippen LogP contribution in [0.1, 0.15) is 32.1 Å². The molecule has 0 unspecified atom stereocenters. The summed E-state index contributed by atoms with van der Waals surface area (Å²) < 4.78 is 4.98. The second kappa shape index (κ2) is 5.72. The second-order valence-electron chi connectivity index (χ2n) is 3.67. The van der Waals surface area contributed by atoms with E-state index >= 15 is 0 Å². The van der Waals surface area contributed by atoms with Crippen molar-refractivity contribution in [2.45, 2.75) is 26.3 Å². The van der Waals surface area contributed by atoms with Crippen molar-refractivity contribution in [3.63, 3.8) is 0 Å². The van der Waals surface area contributed by atoms with Gasteiger partial charge in [0.2, 0.25) is 0 Å². The van der Waals surface area contributed by atoms with Crippen LogP contribution in [0.25, 0.3) is 0 Å². The predicted molar refractivity (Wildman–Crippen MR) is 59.0 cm³/mol. The summed E-state index contributed by atoms with van der Waals surface area (Å²) in [7, 11) is 0. The molecule has 5 nitrogen and oxygen atoms in total. The molecule has 0 fully saturated rings. The van der Waals surface area contributed by atoms with Gasteiger partial charge in [0.1, 0.15) is 10.7 Å². The van der Waals surface area contributed by atoms with Gasteiger partial charge in [-0.15, -0.1) is 12.4 Å². The Balaban J connectivity index is 0.00000196. The summed E-state index contributed by atoms with van der Waals surface area (Å²) in [6.45, 7) is 4.08. The first-order valence-corrected chi connectivity index (χ1v) is 4.50. The maximum absolute atomic E-state index is 10.3.